The number of hydrogen-bond donors (Lipinski definition) is 1. The average molecular weight is 161 g/mol. The van der Waals surface area contributed by atoms with Crippen LogP contribution in [0.1, 0.15) is 19.7 Å². The van der Waals surface area contributed by atoms with Crippen LogP contribution in [0.4, 0.5) is 8.78 Å². The summed E-state index contributed by atoms with van der Waals surface area (Å²) in [4.78, 5) is 3.39. The molecule has 0 aliphatic heterocycles. The first-order valence-electron chi connectivity index (χ1n) is 3.29. The monoisotopic (exact) mass is 161 g/mol. The minimum atomic E-state index is -2.93. The highest BCUT2D eigenvalue weighted by Crippen LogP contribution is 2.32. The maximum absolute atomic E-state index is 13.0. The summed E-state index contributed by atoms with van der Waals surface area (Å²) >= 11 is 0. The molecule has 0 atom stereocenters. The fraction of sp³-hybridized carbons (Fsp3) is 0.667. The molecule has 0 aliphatic rings. The Hall–Kier alpha value is -1.00. The molecule has 11 heavy (non-hydrogen) atoms. The third-order valence-electron chi connectivity index (χ3n) is 1.44. The topological polar surface area (TPSA) is 41.6 Å². The molecule has 1 rings (SSSR count). The number of aromatic amines is 1. The summed E-state index contributed by atoms with van der Waals surface area (Å²) in [6.45, 7) is 2.85. The van der Waals surface area contributed by atoms with Crippen molar-refractivity contribution in [3.05, 3.63) is 12.2 Å². The Bertz CT molecular complexity index is 218. The Labute approximate surface area is 62.8 Å². The molecule has 1 N–H and O–H groups in total. The van der Waals surface area contributed by atoms with Gasteiger partial charge in [0.05, 0.1) is 0 Å². The lowest BCUT2D eigenvalue weighted by atomic mass is 10.1. The SMILES string of the molecule is CC(C)C(F)(F)c1nc[nH]n1. The quantitative estimate of drug-likeness (QED) is 0.715. The van der Waals surface area contributed by atoms with E-state index >= 15 is 0 Å². The van der Waals surface area contributed by atoms with Gasteiger partial charge in [-0.15, -0.1) is 0 Å². The summed E-state index contributed by atoms with van der Waals surface area (Å²) in [6.07, 6.45) is 1.14. The molecule has 0 radical (unpaired) electrons. The first-order chi connectivity index (χ1) is 5.05. The van der Waals surface area contributed by atoms with Crippen LogP contribution in [0.25, 0.3) is 0 Å². The van der Waals surface area contributed by atoms with E-state index < -0.39 is 17.7 Å². The van der Waals surface area contributed by atoms with E-state index in [1.165, 1.54) is 13.8 Å². The lowest BCUT2D eigenvalue weighted by molar-refractivity contribution is -0.0594. The van der Waals surface area contributed by atoms with Crippen molar-refractivity contribution in [3.63, 3.8) is 0 Å². The fourth-order valence-electron chi connectivity index (χ4n) is 0.628. The molecule has 0 aliphatic carbocycles. The predicted octanol–water partition coefficient (Wildman–Crippen LogP) is 1.55. The summed E-state index contributed by atoms with van der Waals surface area (Å²) in [5.74, 6) is -4.15. The van der Waals surface area contributed by atoms with Crippen molar-refractivity contribution in [1.82, 2.24) is 15.2 Å². The van der Waals surface area contributed by atoms with E-state index in [2.05, 4.69) is 15.2 Å². The van der Waals surface area contributed by atoms with Crippen LogP contribution in [-0.2, 0) is 5.92 Å². The second-order valence-electron chi connectivity index (χ2n) is 2.60. The smallest absolute Gasteiger partial charge is 0.266 e. The first-order valence-corrected chi connectivity index (χ1v) is 3.29. The highest BCUT2D eigenvalue weighted by atomic mass is 19.3. The summed E-state index contributed by atoms with van der Waals surface area (Å²) in [7, 11) is 0. The summed E-state index contributed by atoms with van der Waals surface area (Å²) < 4.78 is 25.9. The van der Waals surface area contributed by atoms with Crippen molar-refractivity contribution in [3.8, 4) is 0 Å². The van der Waals surface area contributed by atoms with Crippen LogP contribution in [0.15, 0.2) is 6.33 Å². The molecule has 0 bridgehead atoms. The number of nitrogens with one attached hydrogen (secondary N) is 1. The Morgan fingerprint density at radius 3 is 2.55 bits per heavy atom. The van der Waals surface area contributed by atoms with E-state index in [-0.39, 0.29) is 0 Å². The largest absolute Gasteiger partial charge is 0.310 e. The van der Waals surface area contributed by atoms with Gasteiger partial charge in [0, 0.05) is 5.92 Å². The second kappa shape index (κ2) is 2.56. The highest BCUT2D eigenvalue weighted by Gasteiger charge is 2.39. The van der Waals surface area contributed by atoms with Gasteiger partial charge in [0.25, 0.3) is 0 Å². The van der Waals surface area contributed by atoms with Gasteiger partial charge in [-0.3, -0.25) is 5.10 Å². The number of rotatable bonds is 2. The third-order valence-corrected chi connectivity index (χ3v) is 1.44. The maximum atomic E-state index is 13.0. The fourth-order valence-corrected chi connectivity index (χ4v) is 0.628. The molecular formula is C6H9F2N3. The lowest BCUT2D eigenvalue weighted by Gasteiger charge is -2.15. The van der Waals surface area contributed by atoms with Crippen LogP contribution in [0, 0.1) is 5.92 Å². The second-order valence-corrected chi connectivity index (χ2v) is 2.60. The molecule has 0 aromatic carbocycles. The van der Waals surface area contributed by atoms with Gasteiger partial charge in [0.15, 0.2) is 0 Å². The normalized spacial score (nSPS) is 12.5. The standard InChI is InChI=1S/C6H9F2N3/c1-4(2)6(7,8)5-9-3-10-11-5/h3-4H,1-2H3,(H,9,10,11). The van der Waals surface area contributed by atoms with Gasteiger partial charge in [-0.25, -0.2) is 4.98 Å². The highest BCUT2D eigenvalue weighted by molar-refractivity contribution is 4.94. The number of halogens is 2. The number of H-pyrrole nitrogens is 1. The Balaban J connectivity index is 2.90. The molecule has 0 unspecified atom stereocenters. The van der Waals surface area contributed by atoms with Gasteiger partial charge < -0.3 is 0 Å². The third kappa shape index (κ3) is 1.36. The number of hydrogen-bond acceptors (Lipinski definition) is 2. The van der Waals surface area contributed by atoms with Crippen molar-refractivity contribution in [2.75, 3.05) is 0 Å². The molecule has 0 spiro atoms. The molecule has 62 valence electrons. The van der Waals surface area contributed by atoms with E-state index in [1.54, 1.807) is 0 Å². The van der Waals surface area contributed by atoms with Gasteiger partial charge in [-0.2, -0.15) is 13.9 Å². The predicted molar refractivity (Wildman–Crippen MR) is 35.1 cm³/mol. The zero-order valence-corrected chi connectivity index (χ0v) is 6.31. The summed E-state index contributed by atoms with van der Waals surface area (Å²) in [5.41, 5.74) is 0. The molecule has 0 saturated heterocycles. The van der Waals surface area contributed by atoms with E-state index in [0.717, 1.165) is 6.33 Å². The zero-order valence-electron chi connectivity index (χ0n) is 6.31. The average Bonchev–Trinajstić information content (AvgIpc) is 2.37. The summed E-state index contributed by atoms with van der Waals surface area (Å²) in [6, 6.07) is 0. The Morgan fingerprint density at radius 1 is 1.55 bits per heavy atom. The Kier molecular flexibility index (Phi) is 1.89. The van der Waals surface area contributed by atoms with Crippen LogP contribution in [0.5, 0.6) is 0 Å². The minimum Gasteiger partial charge on any atom is -0.266 e. The van der Waals surface area contributed by atoms with Crippen molar-refractivity contribution < 1.29 is 8.78 Å². The number of nitrogens with zero attached hydrogens (tertiary/aromatic N) is 2. The first kappa shape index (κ1) is 8.10. The molecule has 3 nitrogen and oxygen atoms in total. The van der Waals surface area contributed by atoms with Gasteiger partial charge >= 0.3 is 5.92 Å². The van der Waals surface area contributed by atoms with E-state index in [0.29, 0.717) is 0 Å². The van der Waals surface area contributed by atoms with Crippen LogP contribution < -0.4 is 0 Å². The lowest BCUT2D eigenvalue weighted by Crippen LogP contribution is -2.22. The Morgan fingerprint density at radius 2 is 2.18 bits per heavy atom. The van der Waals surface area contributed by atoms with E-state index in [9.17, 15) is 8.78 Å². The van der Waals surface area contributed by atoms with Crippen LogP contribution in [0.2, 0.25) is 0 Å². The van der Waals surface area contributed by atoms with Gasteiger partial charge in [0.1, 0.15) is 6.33 Å². The number of alkyl halides is 2. The van der Waals surface area contributed by atoms with Gasteiger partial charge in [0.2, 0.25) is 5.82 Å². The zero-order chi connectivity index (χ0) is 8.48. The molecule has 0 saturated carbocycles. The summed E-state index contributed by atoms with van der Waals surface area (Å²) in [5, 5.41) is 5.57. The van der Waals surface area contributed by atoms with Crippen molar-refractivity contribution in [2.45, 2.75) is 19.8 Å². The van der Waals surface area contributed by atoms with Gasteiger partial charge in [-0.1, -0.05) is 13.8 Å². The van der Waals surface area contributed by atoms with Crippen LogP contribution in [0.3, 0.4) is 0 Å². The molecule has 1 aromatic heterocycles. The number of aromatic nitrogens is 3. The molecule has 0 fully saturated rings. The maximum Gasteiger partial charge on any atom is 0.310 e. The molecule has 1 heterocycles. The molecule has 5 heteroatoms. The van der Waals surface area contributed by atoms with Crippen LogP contribution >= 0.6 is 0 Å². The molecule has 0 amide bonds. The van der Waals surface area contributed by atoms with Crippen molar-refractivity contribution >= 4 is 0 Å². The van der Waals surface area contributed by atoms with E-state index in [4.69, 9.17) is 0 Å². The molecule has 1 aromatic rings. The van der Waals surface area contributed by atoms with E-state index in [1.807, 2.05) is 0 Å². The van der Waals surface area contributed by atoms with Crippen LogP contribution in [-0.4, -0.2) is 15.2 Å². The van der Waals surface area contributed by atoms with Crippen molar-refractivity contribution in [2.24, 2.45) is 5.92 Å². The van der Waals surface area contributed by atoms with Gasteiger partial charge in [-0.05, 0) is 0 Å². The molecular weight excluding hydrogens is 152 g/mol. The minimum absolute atomic E-state index is 0.437. The van der Waals surface area contributed by atoms with Crippen molar-refractivity contribution in [1.29, 1.82) is 0 Å².